The normalized spacial score (nSPS) is 32.7. The third-order valence-corrected chi connectivity index (χ3v) is 5.05. The minimum atomic E-state index is -0.636. The molecule has 120 valence electrons. The van der Waals surface area contributed by atoms with Gasteiger partial charge in [-0.3, -0.25) is 9.69 Å². The molecule has 0 unspecified atom stereocenters. The summed E-state index contributed by atoms with van der Waals surface area (Å²) >= 11 is 0. The molecule has 2 bridgehead atoms. The second kappa shape index (κ2) is 6.36. The lowest BCUT2D eigenvalue weighted by Crippen LogP contribution is -2.45. The molecule has 2 heterocycles. The van der Waals surface area contributed by atoms with E-state index >= 15 is 0 Å². The van der Waals surface area contributed by atoms with E-state index in [-0.39, 0.29) is 36.9 Å². The minimum absolute atomic E-state index is 0.0702. The average molecular weight is 305 g/mol. The minimum Gasteiger partial charge on any atom is -0.462 e. The fourth-order valence-electron chi connectivity index (χ4n) is 3.74. The topological polar surface area (TPSA) is 70.0 Å². The third-order valence-electron chi connectivity index (χ3n) is 5.05. The number of esters is 1. The third kappa shape index (κ3) is 2.89. The van der Waals surface area contributed by atoms with E-state index in [4.69, 9.17) is 4.74 Å². The van der Waals surface area contributed by atoms with Gasteiger partial charge in [-0.1, -0.05) is 30.3 Å². The Balaban J connectivity index is 1.65. The van der Waals surface area contributed by atoms with Crippen LogP contribution in [-0.4, -0.2) is 59.0 Å². The van der Waals surface area contributed by atoms with E-state index in [0.717, 1.165) is 18.4 Å². The highest BCUT2D eigenvalue weighted by Gasteiger charge is 2.45. The summed E-state index contributed by atoms with van der Waals surface area (Å²) in [4.78, 5) is 14.6. The van der Waals surface area contributed by atoms with E-state index in [0.29, 0.717) is 6.42 Å². The number of carbonyl (C=O) groups is 1. The van der Waals surface area contributed by atoms with Crippen LogP contribution in [0.2, 0.25) is 0 Å². The molecule has 5 heteroatoms. The molecule has 3 rings (SSSR count). The van der Waals surface area contributed by atoms with Gasteiger partial charge >= 0.3 is 5.97 Å². The standard InChI is InChI=1S/C17H23NO4/c1-18-12-7-13(9-15(18)16(20)8-12)22-17(21)14(10-19)11-5-3-2-4-6-11/h2-6,12-16,19-20H,7-10H2,1H3/t12-,13-,14-,15-,16-/m0/s1. The van der Waals surface area contributed by atoms with Crippen LogP contribution in [0, 0.1) is 0 Å². The summed E-state index contributed by atoms with van der Waals surface area (Å²) in [6.07, 6.45) is 1.66. The summed E-state index contributed by atoms with van der Waals surface area (Å²) < 4.78 is 5.64. The van der Waals surface area contributed by atoms with Crippen LogP contribution in [0.25, 0.3) is 0 Å². The summed E-state index contributed by atoms with van der Waals surface area (Å²) in [6.45, 7) is -0.259. The van der Waals surface area contributed by atoms with Crippen LogP contribution in [0.1, 0.15) is 30.7 Å². The van der Waals surface area contributed by atoms with Crippen molar-refractivity contribution < 1.29 is 19.7 Å². The summed E-state index contributed by atoms with van der Waals surface area (Å²) in [7, 11) is 2.02. The van der Waals surface area contributed by atoms with Gasteiger partial charge in [0.2, 0.25) is 0 Å². The Kier molecular flexibility index (Phi) is 4.47. The van der Waals surface area contributed by atoms with E-state index in [1.807, 2.05) is 37.4 Å². The van der Waals surface area contributed by atoms with Crippen molar-refractivity contribution in [3.63, 3.8) is 0 Å². The van der Waals surface area contributed by atoms with Crippen LogP contribution in [0.3, 0.4) is 0 Å². The van der Waals surface area contributed by atoms with Crippen LogP contribution in [-0.2, 0) is 9.53 Å². The number of carbonyl (C=O) groups excluding carboxylic acids is 1. The van der Waals surface area contributed by atoms with Crippen LogP contribution >= 0.6 is 0 Å². The predicted octanol–water partition coefficient (Wildman–Crippen LogP) is 0.902. The number of aliphatic hydroxyl groups is 2. The molecule has 2 fully saturated rings. The molecule has 22 heavy (non-hydrogen) atoms. The molecular weight excluding hydrogens is 282 g/mol. The van der Waals surface area contributed by atoms with Crippen molar-refractivity contribution in [2.45, 2.75) is 49.5 Å². The Hall–Kier alpha value is -1.43. The van der Waals surface area contributed by atoms with E-state index in [1.165, 1.54) is 0 Å². The Labute approximate surface area is 130 Å². The zero-order chi connectivity index (χ0) is 15.7. The molecule has 2 aliphatic rings. The number of fused-ring (bicyclic) bond motifs is 2. The summed E-state index contributed by atoms with van der Waals surface area (Å²) in [5.41, 5.74) is 0.769. The van der Waals surface area contributed by atoms with Crippen molar-refractivity contribution in [1.82, 2.24) is 4.90 Å². The molecule has 0 aliphatic carbocycles. The van der Waals surface area contributed by atoms with Crippen LogP contribution < -0.4 is 0 Å². The number of benzene rings is 1. The number of hydrogen-bond acceptors (Lipinski definition) is 5. The lowest BCUT2D eigenvalue weighted by Gasteiger charge is -2.36. The predicted molar refractivity (Wildman–Crippen MR) is 81.3 cm³/mol. The summed E-state index contributed by atoms with van der Waals surface area (Å²) in [5.74, 6) is -1.01. The Bertz CT molecular complexity index is 521. The van der Waals surface area contributed by atoms with Gasteiger partial charge in [0.05, 0.1) is 12.7 Å². The largest absolute Gasteiger partial charge is 0.462 e. The Morgan fingerprint density at radius 3 is 2.68 bits per heavy atom. The summed E-state index contributed by atoms with van der Waals surface area (Å²) in [6, 6.07) is 9.56. The number of rotatable bonds is 4. The lowest BCUT2D eigenvalue weighted by atomic mass is 9.98. The molecule has 2 saturated heterocycles. The van der Waals surface area contributed by atoms with Crippen molar-refractivity contribution in [2.75, 3.05) is 13.7 Å². The maximum Gasteiger partial charge on any atom is 0.316 e. The average Bonchev–Trinajstić information content (AvgIpc) is 2.68. The number of aliphatic hydroxyl groups excluding tert-OH is 2. The SMILES string of the molecule is CN1[C@H]2C[C@H](OC(=O)[C@@H](CO)c3ccccc3)C[C@H]1[C@@H](O)C2. The Morgan fingerprint density at radius 2 is 2.05 bits per heavy atom. The maximum atomic E-state index is 12.4. The van der Waals surface area contributed by atoms with Crippen molar-refractivity contribution in [2.24, 2.45) is 0 Å². The highest BCUT2D eigenvalue weighted by atomic mass is 16.5. The van der Waals surface area contributed by atoms with Crippen molar-refractivity contribution in [3.05, 3.63) is 35.9 Å². The molecule has 5 nitrogen and oxygen atoms in total. The van der Waals surface area contributed by atoms with Crippen molar-refractivity contribution in [1.29, 1.82) is 0 Å². The van der Waals surface area contributed by atoms with Crippen LogP contribution in [0.4, 0.5) is 0 Å². The molecule has 0 radical (unpaired) electrons. The first kappa shape index (κ1) is 15.5. The molecule has 0 amide bonds. The van der Waals surface area contributed by atoms with Crippen LogP contribution in [0.5, 0.6) is 0 Å². The number of ether oxygens (including phenoxy) is 1. The number of likely N-dealkylation sites (N-methyl/N-ethyl adjacent to an activating group) is 1. The molecular formula is C17H23NO4. The zero-order valence-electron chi connectivity index (χ0n) is 12.8. The van der Waals surface area contributed by atoms with Gasteiger partial charge in [-0.15, -0.1) is 0 Å². The van der Waals surface area contributed by atoms with E-state index in [1.54, 1.807) is 0 Å². The van der Waals surface area contributed by atoms with E-state index < -0.39 is 5.92 Å². The molecule has 2 N–H and O–H groups in total. The van der Waals surface area contributed by atoms with Gasteiger partial charge in [0.15, 0.2) is 0 Å². The monoisotopic (exact) mass is 305 g/mol. The first-order valence-corrected chi connectivity index (χ1v) is 7.86. The first-order chi connectivity index (χ1) is 10.6. The first-order valence-electron chi connectivity index (χ1n) is 7.86. The van der Waals surface area contributed by atoms with E-state index in [9.17, 15) is 15.0 Å². The fourth-order valence-corrected chi connectivity index (χ4v) is 3.74. The molecule has 5 atom stereocenters. The number of piperidine rings is 1. The quantitative estimate of drug-likeness (QED) is 0.809. The molecule has 0 spiro atoms. The number of hydrogen-bond donors (Lipinski definition) is 2. The van der Waals surface area contributed by atoms with Gasteiger partial charge in [-0.2, -0.15) is 0 Å². The number of nitrogens with zero attached hydrogens (tertiary/aromatic N) is 1. The molecule has 0 aromatic heterocycles. The van der Waals surface area contributed by atoms with Gasteiger partial charge in [-0.05, 0) is 19.0 Å². The highest BCUT2D eigenvalue weighted by molar-refractivity contribution is 5.78. The molecule has 1 aromatic carbocycles. The second-order valence-electron chi connectivity index (χ2n) is 6.37. The Morgan fingerprint density at radius 1 is 1.32 bits per heavy atom. The smallest absolute Gasteiger partial charge is 0.316 e. The highest BCUT2D eigenvalue weighted by Crippen LogP contribution is 2.36. The van der Waals surface area contributed by atoms with Crippen molar-refractivity contribution >= 4 is 5.97 Å². The lowest BCUT2D eigenvalue weighted by molar-refractivity contribution is -0.155. The molecule has 0 saturated carbocycles. The summed E-state index contributed by atoms with van der Waals surface area (Å²) in [5, 5.41) is 19.6. The molecule has 1 aromatic rings. The maximum absolute atomic E-state index is 12.4. The molecule has 2 aliphatic heterocycles. The van der Waals surface area contributed by atoms with Gasteiger partial charge in [0.25, 0.3) is 0 Å². The van der Waals surface area contributed by atoms with Gasteiger partial charge in [0.1, 0.15) is 12.0 Å². The van der Waals surface area contributed by atoms with Crippen molar-refractivity contribution in [3.8, 4) is 0 Å². The van der Waals surface area contributed by atoms with Gasteiger partial charge in [-0.25, -0.2) is 0 Å². The zero-order valence-corrected chi connectivity index (χ0v) is 12.8. The second-order valence-corrected chi connectivity index (χ2v) is 6.37. The van der Waals surface area contributed by atoms with Crippen LogP contribution in [0.15, 0.2) is 30.3 Å². The van der Waals surface area contributed by atoms with Gasteiger partial charge in [0, 0.05) is 24.9 Å². The fraction of sp³-hybridized carbons (Fsp3) is 0.588. The van der Waals surface area contributed by atoms with E-state index in [2.05, 4.69) is 4.90 Å². The van der Waals surface area contributed by atoms with Gasteiger partial charge < -0.3 is 14.9 Å².